The average Bonchev–Trinajstić information content (AvgIpc) is 3.67. The number of ketones is 2. The van der Waals surface area contributed by atoms with E-state index in [0.29, 0.717) is 17.0 Å². The second-order valence-electron chi connectivity index (χ2n) is 12.0. The molecule has 3 aromatic heterocycles. The Kier molecular flexibility index (Phi) is 6.52. The minimum Gasteiger partial charge on any atom is -0.309 e. The van der Waals surface area contributed by atoms with Crippen molar-refractivity contribution in [3.63, 3.8) is 0 Å². The van der Waals surface area contributed by atoms with Crippen LogP contribution in [0.15, 0.2) is 146 Å². The first-order valence-corrected chi connectivity index (χ1v) is 16.0. The van der Waals surface area contributed by atoms with Crippen LogP contribution in [0.5, 0.6) is 0 Å². The molecular formula is C42H27N5O2. The van der Waals surface area contributed by atoms with Gasteiger partial charge >= 0.3 is 0 Å². The summed E-state index contributed by atoms with van der Waals surface area (Å²) in [4.78, 5) is 41.1. The molecule has 232 valence electrons. The molecule has 0 N–H and O–H groups in total. The predicted octanol–water partition coefficient (Wildman–Crippen LogP) is 8.84. The molecule has 6 aromatic carbocycles. The third kappa shape index (κ3) is 4.63. The molecule has 0 aliphatic rings. The van der Waals surface area contributed by atoms with Gasteiger partial charge in [0.15, 0.2) is 0 Å². The minimum atomic E-state index is -0.388. The lowest BCUT2D eigenvalue weighted by Crippen LogP contribution is -2.16. The number of carbonyl (C=O) groups excluding carboxylic acids is 2. The van der Waals surface area contributed by atoms with Crippen LogP contribution in [-0.4, -0.2) is 35.7 Å². The molecule has 0 amide bonds. The Bertz CT molecular complexity index is 2500. The van der Waals surface area contributed by atoms with Crippen LogP contribution in [0.25, 0.3) is 55.0 Å². The summed E-state index contributed by atoms with van der Waals surface area (Å²) in [5.74, 6) is -0.635. The number of hydrogen-bond donors (Lipinski definition) is 0. The number of hydrogen-bond acceptors (Lipinski definition) is 5. The molecule has 7 heteroatoms. The monoisotopic (exact) mass is 633 g/mol. The molecule has 9 aromatic rings. The number of aryl methyl sites for hydroxylation is 1. The highest BCUT2D eigenvalue weighted by Gasteiger charge is 2.21. The van der Waals surface area contributed by atoms with Crippen molar-refractivity contribution in [1.82, 2.24) is 24.1 Å². The second-order valence-corrected chi connectivity index (χ2v) is 12.0. The fourth-order valence-electron chi connectivity index (χ4n) is 6.92. The third-order valence-corrected chi connectivity index (χ3v) is 9.05. The zero-order chi connectivity index (χ0) is 33.1. The molecule has 0 saturated carbocycles. The molecule has 0 bridgehead atoms. The van der Waals surface area contributed by atoms with Crippen LogP contribution in [0.2, 0.25) is 0 Å². The van der Waals surface area contributed by atoms with Gasteiger partial charge in [-0.2, -0.15) is 0 Å². The van der Waals surface area contributed by atoms with E-state index in [9.17, 15) is 9.59 Å². The number of aromatic nitrogens is 5. The van der Waals surface area contributed by atoms with Gasteiger partial charge in [0.1, 0.15) is 5.82 Å². The van der Waals surface area contributed by atoms with Crippen molar-refractivity contribution in [2.24, 2.45) is 0 Å². The summed E-state index contributed by atoms with van der Waals surface area (Å²) < 4.78 is 4.30. The van der Waals surface area contributed by atoms with E-state index in [2.05, 4.69) is 72.6 Å². The first-order valence-electron chi connectivity index (χ1n) is 16.0. The maximum atomic E-state index is 13.9. The van der Waals surface area contributed by atoms with Crippen molar-refractivity contribution in [3.8, 4) is 11.4 Å². The fraction of sp³-hybridized carbons (Fsp3) is 0.0238. The van der Waals surface area contributed by atoms with E-state index in [4.69, 9.17) is 0 Å². The largest absolute Gasteiger partial charge is 0.309 e. The first kappa shape index (κ1) is 28.5. The lowest BCUT2D eigenvalue weighted by atomic mass is 10.1. The molecule has 9 rings (SSSR count). The van der Waals surface area contributed by atoms with Gasteiger partial charge in [-0.05, 0) is 55.5 Å². The van der Waals surface area contributed by atoms with Crippen LogP contribution < -0.4 is 0 Å². The van der Waals surface area contributed by atoms with Crippen molar-refractivity contribution >= 4 is 55.2 Å². The lowest BCUT2D eigenvalue weighted by Gasteiger charge is -2.11. The predicted molar refractivity (Wildman–Crippen MR) is 193 cm³/mol. The highest BCUT2D eigenvalue weighted by molar-refractivity contribution is 6.12. The Balaban J connectivity index is 1.09. The van der Waals surface area contributed by atoms with Gasteiger partial charge < -0.3 is 9.13 Å². The third-order valence-electron chi connectivity index (χ3n) is 9.05. The fourth-order valence-corrected chi connectivity index (χ4v) is 6.92. The zero-order valence-electron chi connectivity index (χ0n) is 26.4. The van der Waals surface area contributed by atoms with Crippen LogP contribution >= 0.6 is 0 Å². The first-order chi connectivity index (χ1) is 24.0. The molecule has 0 unspecified atom stereocenters. The van der Waals surface area contributed by atoms with Gasteiger partial charge in [-0.25, -0.2) is 15.0 Å². The van der Waals surface area contributed by atoms with E-state index in [1.807, 2.05) is 84.9 Å². The van der Waals surface area contributed by atoms with Crippen LogP contribution in [0.1, 0.15) is 38.2 Å². The van der Waals surface area contributed by atoms with Crippen molar-refractivity contribution in [2.45, 2.75) is 6.92 Å². The topological polar surface area (TPSA) is 82.7 Å². The highest BCUT2D eigenvalue weighted by atomic mass is 16.1. The van der Waals surface area contributed by atoms with Crippen LogP contribution in [0.4, 0.5) is 0 Å². The summed E-state index contributed by atoms with van der Waals surface area (Å²) in [6.07, 6.45) is 0. The Hall–Kier alpha value is -6.73. The molecule has 0 aliphatic heterocycles. The van der Waals surface area contributed by atoms with Gasteiger partial charge in [0.2, 0.25) is 23.2 Å². The van der Waals surface area contributed by atoms with Crippen LogP contribution in [-0.2, 0) is 0 Å². The van der Waals surface area contributed by atoms with Gasteiger partial charge in [-0.3, -0.25) is 9.59 Å². The average molecular weight is 634 g/mol. The Morgan fingerprint density at radius 1 is 0.429 bits per heavy atom. The number of fused-ring (bicyclic) bond motifs is 6. The molecule has 0 spiro atoms. The quantitative estimate of drug-likeness (QED) is 0.171. The molecule has 7 nitrogen and oxygen atoms in total. The number of para-hydroxylation sites is 4. The van der Waals surface area contributed by atoms with Crippen molar-refractivity contribution < 1.29 is 9.59 Å². The van der Waals surface area contributed by atoms with Gasteiger partial charge in [0.05, 0.1) is 22.1 Å². The number of rotatable bonds is 6. The normalized spacial score (nSPS) is 11.5. The smallest absolute Gasteiger partial charge is 0.230 e. The molecule has 0 radical (unpaired) electrons. The molecular weight excluding hydrogens is 606 g/mol. The summed E-state index contributed by atoms with van der Waals surface area (Å²) in [5, 5.41) is 4.53. The van der Waals surface area contributed by atoms with E-state index < -0.39 is 0 Å². The van der Waals surface area contributed by atoms with Gasteiger partial charge in [-0.1, -0.05) is 97.1 Å². The molecule has 0 fully saturated rings. The number of carbonyl (C=O) groups is 2. The minimum absolute atomic E-state index is 0.0752. The number of nitrogens with zero attached hydrogens (tertiary/aromatic N) is 5. The molecule has 3 heterocycles. The van der Waals surface area contributed by atoms with Crippen LogP contribution in [0.3, 0.4) is 0 Å². The lowest BCUT2D eigenvalue weighted by molar-refractivity contribution is 0.102. The molecule has 0 saturated heterocycles. The molecule has 0 aliphatic carbocycles. The van der Waals surface area contributed by atoms with E-state index >= 15 is 0 Å². The van der Waals surface area contributed by atoms with Crippen molar-refractivity contribution in [3.05, 3.63) is 174 Å². The van der Waals surface area contributed by atoms with Gasteiger partial charge in [-0.15, -0.1) is 0 Å². The maximum absolute atomic E-state index is 13.9. The summed E-state index contributed by atoms with van der Waals surface area (Å²) in [5.41, 5.74) is 6.68. The summed E-state index contributed by atoms with van der Waals surface area (Å²) in [6, 6.07) is 47.7. The summed E-state index contributed by atoms with van der Waals surface area (Å²) in [7, 11) is 0. The summed E-state index contributed by atoms with van der Waals surface area (Å²) in [6.45, 7) is 1.66. The Morgan fingerprint density at radius 3 is 1.14 bits per heavy atom. The van der Waals surface area contributed by atoms with Crippen LogP contribution in [0, 0.1) is 6.92 Å². The zero-order valence-corrected chi connectivity index (χ0v) is 26.4. The summed E-state index contributed by atoms with van der Waals surface area (Å²) >= 11 is 0. The number of benzene rings is 6. The van der Waals surface area contributed by atoms with E-state index in [1.165, 1.54) is 0 Å². The van der Waals surface area contributed by atoms with Gasteiger partial charge in [0.25, 0.3) is 0 Å². The van der Waals surface area contributed by atoms with Crippen molar-refractivity contribution in [1.29, 1.82) is 0 Å². The van der Waals surface area contributed by atoms with Gasteiger partial charge in [0, 0.05) is 44.0 Å². The van der Waals surface area contributed by atoms with E-state index in [0.717, 1.165) is 55.0 Å². The highest BCUT2D eigenvalue weighted by Crippen LogP contribution is 2.33. The van der Waals surface area contributed by atoms with E-state index in [-0.39, 0.29) is 23.2 Å². The van der Waals surface area contributed by atoms with Crippen molar-refractivity contribution in [2.75, 3.05) is 0 Å². The maximum Gasteiger partial charge on any atom is 0.230 e. The standard InChI is InChI=1S/C42H27N5O2/c1-26-43-41(39(48)27-12-10-14-29(24-27)46-35-20-6-2-16-31(35)32-17-3-7-21-36(32)46)45-42(44-26)40(49)28-13-11-15-30(25-28)47-37-22-8-4-18-33(37)34-19-5-9-23-38(34)47/h2-25H,1H3. The Morgan fingerprint density at radius 2 is 0.776 bits per heavy atom. The Labute approximate surface area is 280 Å². The SMILES string of the molecule is Cc1nc(C(=O)c2cccc(-n3c4ccccc4c4ccccc43)c2)nc(C(=O)c2cccc(-n3c4ccccc4c4ccccc43)c2)n1. The van der Waals surface area contributed by atoms with E-state index in [1.54, 1.807) is 19.1 Å². The molecule has 49 heavy (non-hydrogen) atoms. The molecule has 0 atom stereocenters. The second kappa shape index (κ2) is 11.2.